The Kier molecular flexibility index (Phi) is 6.14. The van der Waals surface area contributed by atoms with E-state index in [1.807, 2.05) is 44.2 Å². The summed E-state index contributed by atoms with van der Waals surface area (Å²) >= 11 is 0. The largest absolute Gasteiger partial charge is 0.489 e. The van der Waals surface area contributed by atoms with Crippen molar-refractivity contribution < 1.29 is 9.53 Å². The number of rotatable bonds is 8. The molecule has 0 radical (unpaired) electrons. The van der Waals surface area contributed by atoms with Crippen molar-refractivity contribution in [3.63, 3.8) is 0 Å². The number of nitrogens with one attached hydrogen (secondary N) is 1. The van der Waals surface area contributed by atoms with Crippen LogP contribution in [0.25, 0.3) is 0 Å². The van der Waals surface area contributed by atoms with Crippen molar-refractivity contribution in [3.8, 4) is 5.75 Å². The monoisotopic (exact) mass is 365 g/mol. The molecule has 27 heavy (non-hydrogen) atoms. The van der Waals surface area contributed by atoms with Gasteiger partial charge in [-0.15, -0.1) is 5.10 Å². The van der Waals surface area contributed by atoms with Crippen LogP contribution in [0.4, 0.5) is 0 Å². The van der Waals surface area contributed by atoms with Crippen molar-refractivity contribution in [3.05, 3.63) is 71.5 Å². The topological polar surface area (TPSA) is 81.9 Å². The second kappa shape index (κ2) is 8.93. The van der Waals surface area contributed by atoms with Crippen LogP contribution in [0.1, 0.15) is 41.6 Å². The SMILES string of the molecule is CC(C)n1nnnc1CCNC(=O)c1ccc(OCc2ccccc2)cc1. The van der Waals surface area contributed by atoms with Gasteiger partial charge in [0.25, 0.3) is 5.91 Å². The maximum Gasteiger partial charge on any atom is 0.251 e. The van der Waals surface area contributed by atoms with Crippen LogP contribution in [0.5, 0.6) is 5.75 Å². The molecular weight excluding hydrogens is 342 g/mol. The molecule has 0 aliphatic heterocycles. The molecule has 7 nitrogen and oxygen atoms in total. The number of amides is 1. The number of nitrogens with zero attached hydrogens (tertiary/aromatic N) is 4. The van der Waals surface area contributed by atoms with Gasteiger partial charge >= 0.3 is 0 Å². The molecule has 0 atom stereocenters. The quantitative estimate of drug-likeness (QED) is 0.664. The highest BCUT2D eigenvalue weighted by molar-refractivity contribution is 5.94. The van der Waals surface area contributed by atoms with Gasteiger partial charge in [-0.2, -0.15) is 0 Å². The van der Waals surface area contributed by atoms with E-state index in [0.717, 1.165) is 17.1 Å². The van der Waals surface area contributed by atoms with Crippen molar-refractivity contribution >= 4 is 5.91 Å². The molecule has 0 saturated heterocycles. The summed E-state index contributed by atoms with van der Waals surface area (Å²) in [5, 5.41) is 14.5. The Morgan fingerprint density at radius 2 is 1.85 bits per heavy atom. The molecule has 0 unspecified atom stereocenters. The Labute approximate surface area is 158 Å². The maximum absolute atomic E-state index is 12.3. The molecule has 0 saturated carbocycles. The zero-order valence-corrected chi connectivity index (χ0v) is 15.5. The third-order valence-corrected chi connectivity index (χ3v) is 4.05. The standard InChI is InChI=1S/C20H23N5O2/c1-15(2)25-19(22-23-24-25)12-13-21-20(26)17-8-10-18(11-9-17)27-14-16-6-4-3-5-7-16/h3-11,15H,12-14H2,1-2H3,(H,21,26). The lowest BCUT2D eigenvalue weighted by atomic mass is 10.2. The molecule has 0 fully saturated rings. The predicted molar refractivity (Wildman–Crippen MR) is 101 cm³/mol. The van der Waals surface area contributed by atoms with Crippen molar-refractivity contribution in [1.82, 2.24) is 25.5 Å². The van der Waals surface area contributed by atoms with Gasteiger partial charge in [0.1, 0.15) is 12.4 Å². The molecule has 0 aliphatic carbocycles. The average Bonchev–Trinajstić information content (AvgIpc) is 3.16. The van der Waals surface area contributed by atoms with E-state index in [1.165, 1.54) is 0 Å². The lowest BCUT2D eigenvalue weighted by Crippen LogP contribution is -2.26. The first kappa shape index (κ1) is 18.6. The number of hydrogen-bond acceptors (Lipinski definition) is 5. The molecule has 0 aliphatic rings. The van der Waals surface area contributed by atoms with Crippen LogP contribution in [0, 0.1) is 0 Å². The van der Waals surface area contributed by atoms with Gasteiger partial charge < -0.3 is 10.1 Å². The van der Waals surface area contributed by atoms with E-state index in [2.05, 4.69) is 20.8 Å². The van der Waals surface area contributed by atoms with Crippen LogP contribution in [-0.4, -0.2) is 32.7 Å². The summed E-state index contributed by atoms with van der Waals surface area (Å²) in [6.45, 7) is 4.99. The number of carbonyl (C=O) groups is 1. The van der Waals surface area contributed by atoms with Crippen molar-refractivity contribution in [2.24, 2.45) is 0 Å². The number of carbonyl (C=O) groups excluding carboxylic acids is 1. The summed E-state index contributed by atoms with van der Waals surface area (Å²) in [5.74, 6) is 1.36. The Morgan fingerprint density at radius 3 is 2.56 bits per heavy atom. The number of hydrogen-bond donors (Lipinski definition) is 1. The molecule has 0 spiro atoms. The third kappa shape index (κ3) is 5.13. The van der Waals surface area contributed by atoms with Crippen LogP contribution in [0.15, 0.2) is 54.6 Å². The third-order valence-electron chi connectivity index (χ3n) is 4.05. The Bertz CT molecular complexity index is 860. The molecule has 1 aromatic heterocycles. The summed E-state index contributed by atoms with van der Waals surface area (Å²) < 4.78 is 7.49. The molecule has 3 aromatic rings. The number of aromatic nitrogens is 4. The van der Waals surface area contributed by atoms with E-state index in [4.69, 9.17) is 4.74 Å². The number of benzene rings is 2. The summed E-state index contributed by atoms with van der Waals surface area (Å²) in [6.07, 6.45) is 0.579. The van der Waals surface area contributed by atoms with E-state index >= 15 is 0 Å². The van der Waals surface area contributed by atoms with Crippen LogP contribution >= 0.6 is 0 Å². The Balaban J connectivity index is 1.48. The minimum atomic E-state index is -0.131. The fraction of sp³-hybridized carbons (Fsp3) is 0.300. The lowest BCUT2D eigenvalue weighted by Gasteiger charge is -2.09. The molecule has 1 heterocycles. The highest BCUT2D eigenvalue weighted by Gasteiger charge is 2.10. The first-order chi connectivity index (χ1) is 13.1. The lowest BCUT2D eigenvalue weighted by molar-refractivity contribution is 0.0954. The van der Waals surface area contributed by atoms with Crippen LogP contribution in [0.2, 0.25) is 0 Å². The van der Waals surface area contributed by atoms with Crippen LogP contribution in [0.3, 0.4) is 0 Å². The number of tetrazole rings is 1. The molecule has 1 N–H and O–H groups in total. The zero-order valence-electron chi connectivity index (χ0n) is 15.5. The van der Waals surface area contributed by atoms with Crippen molar-refractivity contribution in [1.29, 1.82) is 0 Å². The van der Waals surface area contributed by atoms with E-state index in [1.54, 1.807) is 28.9 Å². The smallest absolute Gasteiger partial charge is 0.251 e. The second-order valence-corrected chi connectivity index (χ2v) is 6.44. The minimum absolute atomic E-state index is 0.131. The average molecular weight is 365 g/mol. The zero-order chi connectivity index (χ0) is 19.1. The molecule has 1 amide bonds. The summed E-state index contributed by atoms with van der Waals surface area (Å²) in [7, 11) is 0. The van der Waals surface area contributed by atoms with Gasteiger partial charge in [-0.25, -0.2) is 4.68 Å². The van der Waals surface area contributed by atoms with Gasteiger partial charge in [-0.05, 0) is 54.1 Å². The summed E-state index contributed by atoms with van der Waals surface area (Å²) in [4.78, 5) is 12.3. The maximum atomic E-state index is 12.3. The predicted octanol–water partition coefficient (Wildman–Crippen LogP) is 2.81. The molecular formula is C20H23N5O2. The number of ether oxygens (including phenoxy) is 1. The van der Waals surface area contributed by atoms with Gasteiger partial charge in [-0.3, -0.25) is 4.79 Å². The van der Waals surface area contributed by atoms with Crippen molar-refractivity contribution in [2.75, 3.05) is 6.54 Å². The van der Waals surface area contributed by atoms with Crippen molar-refractivity contribution in [2.45, 2.75) is 32.9 Å². The molecule has 0 bridgehead atoms. The van der Waals surface area contributed by atoms with E-state index in [-0.39, 0.29) is 11.9 Å². The molecule has 7 heteroatoms. The first-order valence-electron chi connectivity index (χ1n) is 8.95. The van der Waals surface area contributed by atoms with Gasteiger partial charge in [0, 0.05) is 18.5 Å². The molecule has 2 aromatic carbocycles. The fourth-order valence-electron chi connectivity index (χ4n) is 2.61. The Morgan fingerprint density at radius 1 is 1.11 bits per heavy atom. The summed E-state index contributed by atoms with van der Waals surface area (Å²) in [6, 6.07) is 17.3. The molecule has 140 valence electrons. The first-order valence-corrected chi connectivity index (χ1v) is 8.95. The summed E-state index contributed by atoms with van der Waals surface area (Å²) in [5.41, 5.74) is 1.69. The molecule has 3 rings (SSSR count). The second-order valence-electron chi connectivity index (χ2n) is 6.44. The fourth-order valence-corrected chi connectivity index (χ4v) is 2.61. The van der Waals surface area contributed by atoms with E-state index in [9.17, 15) is 4.79 Å². The minimum Gasteiger partial charge on any atom is -0.489 e. The van der Waals surface area contributed by atoms with E-state index in [0.29, 0.717) is 25.1 Å². The highest BCUT2D eigenvalue weighted by atomic mass is 16.5. The van der Waals surface area contributed by atoms with Gasteiger partial charge in [0.05, 0.1) is 6.04 Å². The van der Waals surface area contributed by atoms with Crippen LogP contribution < -0.4 is 10.1 Å². The highest BCUT2D eigenvalue weighted by Crippen LogP contribution is 2.14. The Hall–Kier alpha value is -3.22. The van der Waals surface area contributed by atoms with Gasteiger partial charge in [-0.1, -0.05) is 30.3 Å². The van der Waals surface area contributed by atoms with E-state index < -0.39 is 0 Å². The van der Waals surface area contributed by atoms with Crippen LogP contribution in [-0.2, 0) is 13.0 Å². The van der Waals surface area contributed by atoms with Gasteiger partial charge in [0.15, 0.2) is 5.82 Å². The normalized spacial score (nSPS) is 10.8. The van der Waals surface area contributed by atoms with Gasteiger partial charge in [0.2, 0.25) is 0 Å².